The van der Waals surface area contributed by atoms with E-state index in [1.54, 1.807) is 26.8 Å². The molecule has 174 valence electrons. The van der Waals surface area contributed by atoms with Gasteiger partial charge in [-0.1, -0.05) is 12.1 Å². The highest BCUT2D eigenvalue weighted by atomic mass is 32.2. The first-order valence-electron chi connectivity index (χ1n) is 10.8. The summed E-state index contributed by atoms with van der Waals surface area (Å²) in [5.41, 5.74) is 0.686. The molecule has 8 heteroatoms. The van der Waals surface area contributed by atoms with Crippen molar-refractivity contribution in [2.75, 3.05) is 20.3 Å². The first-order valence-corrected chi connectivity index (χ1v) is 12.3. The lowest BCUT2D eigenvalue weighted by atomic mass is 10.0. The zero-order valence-corrected chi connectivity index (χ0v) is 20.2. The van der Waals surface area contributed by atoms with Gasteiger partial charge in [0, 0.05) is 17.6 Å². The van der Waals surface area contributed by atoms with E-state index in [-0.39, 0.29) is 22.6 Å². The molecule has 7 nitrogen and oxygen atoms in total. The largest absolute Gasteiger partial charge is 0.495 e. The summed E-state index contributed by atoms with van der Waals surface area (Å²) in [7, 11) is -2.46. The van der Waals surface area contributed by atoms with Gasteiger partial charge in [0.2, 0.25) is 10.0 Å². The maximum absolute atomic E-state index is 13.4. The fraction of sp³-hybridized carbons (Fsp3) is 0.458. The normalized spacial score (nSPS) is 16.8. The molecule has 3 rings (SSSR count). The number of rotatable bonds is 7. The number of hydrogen-bond donors (Lipinski definition) is 1. The molecule has 0 aliphatic carbocycles. The molecule has 1 heterocycles. The van der Waals surface area contributed by atoms with Gasteiger partial charge in [-0.2, -0.15) is 0 Å². The van der Waals surface area contributed by atoms with Gasteiger partial charge < -0.3 is 14.4 Å². The van der Waals surface area contributed by atoms with E-state index >= 15 is 0 Å². The third-order valence-corrected chi connectivity index (χ3v) is 7.01. The lowest BCUT2D eigenvalue weighted by molar-refractivity contribution is 0.0735. The van der Waals surface area contributed by atoms with Gasteiger partial charge in [-0.05, 0) is 76.4 Å². The second-order valence-electron chi connectivity index (χ2n) is 8.88. The Kier molecular flexibility index (Phi) is 7.15. The van der Waals surface area contributed by atoms with E-state index in [1.807, 2.05) is 36.1 Å². The van der Waals surface area contributed by atoms with Crippen molar-refractivity contribution < 1.29 is 22.7 Å². The minimum Gasteiger partial charge on any atom is -0.495 e. The minimum atomic E-state index is -3.88. The van der Waals surface area contributed by atoms with Gasteiger partial charge in [-0.3, -0.25) is 4.79 Å². The molecule has 1 fully saturated rings. The van der Waals surface area contributed by atoms with Crippen LogP contribution in [0.25, 0.3) is 0 Å². The zero-order chi connectivity index (χ0) is 23.5. The maximum Gasteiger partial charge on any atom is 0.254 e. The summed E-state index contributed by atoms with van der Waals surface area (Å²) in [5.74, 6) is 0.794. The van der Waals surface area contributed by atoms with E-state index in [2.05, 4.69) is 4.72 Å². The van der Waals surface area contributed by atoms with Crippen LogP contribution in [0.3, 0.4) is 0 Å². The van der Waals surface area contributed by atoms with Crippen molar-refractivity contribution in [1.29, 1.82) is 0 Å². The molecule has 0 radical (unpaired) electrons. The minimum absolute atomic E-state index is 0.0439. The van der Waals surface area contributed by atoms with Crippen LogP contribution in [0.5, 0.6) is 11.5 Å². The number of amides is 1. The monoisotopic (exact) mass is 460 g/mol. The molecule has 1 atom stereocenters. The molecule has 2 aromatic rings. The Morgan fingerprint density at radius 1 is 1.16 bits per heavy atom. The van der Waals surface area contributed by atoms with Crippen LogP contribution < -0.4 is 14.2 Å². The quantitative estimate of drug-likeness (QED) is 0.671. The molecule has 1 aliphatic rings. The van der Waals surface area contributed by atoms with Gasteiger partial charge >= 0.3 is 0 Å². The van der Waals surface area contributed by atoms with E-state index in [9.17, 15) is 13.2 Å². The van der Waals surface area contributed by atoms with E-state index < -0.39 is 15.6 Å². The first-order chi connectivity index (χ1) is 15.1. The van der Waals surface area contributed by atoms with Crippen molar-refractivity contribution in [1.82, 2.24) is 9.62 Å². The van der Waals surface area contributed by atoms with Gasteiger partial charge in [0.1, 0.15) is 16.4 Å². The molecular formula is C24H32N2O5S. The summed E-state index contributed by atoms with van der Waals surface area (Å²) in [5, 5.41) is 0. The predicted molar refractivity (Wildman–Crippen MR) is 124 cm³/mol. The molecule has 2 aromatic carbocycles. The topological polar surface area (TPSA) is 84.9 Å². The molecule has 0 aromatic heterocycles. The van der Waals surface area contributed by atoms with Crippen LogP contribution in [-0.4, -0.2) is 45.0 Å². The summed E-state index contributed by atoms with van der Waals surface area (Å²) in [6.45, 7) is 8.43. The number of benzene rings is 2. The fourth-order valence-corrected chi connectivity index (χ4v) is 5.57. The number of carbonyl (C=O) groups excluding carboxylic acids is 1. The van der Waals surface area contributed by atoms with Gasteiger partial charge in [0.05, 0.1) is 19.8 Å². The lowest BCUT2D eigenvalue weighted by Gasteiger charge is -2.26. The molecule has 32 heavy (non-hydrogen) atoms. The number of likely N-dealkylation sites (tertiary alicyclic amines) is 1. The molecule has 1 unspecified atom stereocenters. The third-order valence-electron chi connectivity index (χ3n) is 5.23. The number of methoxy groups -OCH3 is 1. The van der Waals surface area contributed by atoms with Gasteiger partial charge in [-0.15, -0.1) is 0 Å². The van der Waals surface area contributed by atoms with E-state index in [4.69, 9.17) is 9.47 Å². The fourth-order valence-electron chi connectivity index (χ4n) is 3.95. The van der Waals surface area contributed by atoms with Gasteiger partial charge in [0.15, 0.2) is 0 Å². The van der Waals surface area contributed by atoms with Crippen molar-refractivity contribution in [3.8, 4) is 11.5 Å². The highest BCUT2D eigenvalue weighted by Crippen LogP contribution is 2.35. The number of carbonyl (C=O) groups is 1. The Balaban J connectivity index is 1.91. The predicted octanol–water partition coefficient (Wildman–Crippen LogP) is 4.15. The summed E-state index contributed by atoms with van der Waals surface area (Å²) in [6, 6.07) is 12.3. The van der Waals surface area contributed by atoms with Crippen molar-refractivity contribution in [2.45, 2.75) is 57.0 Å². The second-order valence-corrected chi connectivity index (χ2v) is 10.5. The summed E-state index contributed by atoms with van der Waals surface area (Å²) in [6.07, 6.45) is 1.74. The van der Waals surface area contributed by atoms with Crippen molar-refractivity contribution in [3.63, 3.8) is 0 Å². The smallest absolute Gasteiger partial charge is 0.254 e. The lowest BCUT2D eigenvalue weighted by Crippen LogP contribution is -2.40. The number of nitrogens with zero attached hydrogens (tertiary/aromatic N) is 1. The average Bonchev–Trinajstić information content (AvgIpc) is 3.21. The summed E-state index contributed by atoms with van der Waals surface area (Å²) >= 11 is 0. The zero-order valence-electron chi connectivity index (χ0n) is 19.3. The average molecular weight is 461 g/mol. The number of sulfonamides is 1. The summed E-state index contributed by atoms with van der Waals surface area (Å²) in [4.78, 5) is 15.2. The van der Waals surface area contributed by atoms with Gasteiger partial charge in [-0.25, -0.2) is 13.1 Å². The molecule has 0 saturated carbocycles. The number of ether oxygens (including phenoxy) is 2. The first kappa shape index (κ1) is 24.1. The Morgan fingerprint density at radius 3 is 2.44 bits per heavy atom. The van der Waals surface area contributed by atoms with Crippen molar-refractivity contribution in [2.24, 2.45) is 0 Å². The molecule has 1 aliphatic heterocycles. The Hall–Kier alpha value is -2.58. The standard InChI is InChI=1S/C24H32N2O5S/c1-6-31-19-12-9-17(10-13-19)20-8-7-15-26(20)23(27)18-11-14-21(30-5)22(16-18)32(28,29)25-24(2,3)4/h9-14,16,20,25H,6-8,15H2,1-5H3. The van der Waals surface area contributed by atoms with Crippen LogP contribution in [-0.2, 0) is 10.0 Å². The molecule has 0 spiro atoms. The Labute approximate surface area is 190 Å². The number of hydrogen-bond acceptors (Lipinski definition) is 5. The van der Waals surface area contributed by atoms with Crippen LogP contribution in [0.1, 0.15) is 62.5 Å². The molecule has 1 saturated heterocycles. The second kappa shape index (κ2) is 9.50. The molecule has 0 bridgehead atoms. The van der Waals surface area contributed by atoms with Crippen LogP contribution in [0.2, 0.25) is 0 Å². The summed E-state index contributed by atoms with van der Waals surface area (Å²) < 4.78 is 39.3. The van der Waals surface area contributed by atoms with Crippen LogP contribution in [0, 0.1) is 0 Å². The van der Waals surface area contributed by atoms with Crippen LogP contribution in [0.4, 0.5) is 0 Å². The Bertz CT molecular complexity index is 1060. The number of nitrogens with one attached hydrogen (secondary N) is 1. The highest BCUT2D eigenvalue weighted by molar-refractivity contribution is 7.89. The SMILES string of the molecule is CCOc1ccc(C2CCCN2C(=O)c2ccc(OC)c(S(=O)(=O)NC(C)(C)C)c2)cc1. The Morgan fingerprint density at radius 2 is 1.84 bits per heavy atom. The molecule has 1 N–H and O–H groups in total. The van der Waals surface area contributed by atoms with E-state index in [1.165, 1.54) is 19.2 Å². The van der Waals surface area contributed by atoms with Crippen LogP contribution >= 0.6 is 0 Å². The van der Waals surface area contributed by atoms with Crippen LogP contribution in [0.15, 0.2) is 47.4 Å². The maximum atomic E-state index is 13.4. The van der Waals surface area contributed by atoms with Crippen molar-refractivity contribution >= 4 is 15.9 Å². The van der Waals surface area contributed by atoms with Gasteiger partial charge in [0.25, 0.3) is 5.91 Å². The molecule has 1 amide bonds. The highest BCUT2D eigenvalue weighted by Gasteiger charge is 2.32. The molecular weight excluding hydrogens is 428 g/mol. The van der Waals surface area contributed by atoms with E-state index in [0.29, 0.717) is 18.7 Å². The van der Waals surface area contributed by atoms with E-state index in [0.717, 1.165) is 24.2 Å². The third kappa shape index (κ3) is 5.42. The van der Waals surface area contributed by atoms with Crippen molar-refractivity contribution in [3.05, 3.63) is 53.6 Å².